The summed E-state index contributed by atoms with van der Waals surface area (Å²) < 4.78 is 11.0. The summed E-state index contributed by atoms with van der Waals surface area (Å²) in [5, 5.41) is 0. The number of carbonyl (C=O) groups is 1. The Bertz CT molecular complexity index is 332. The Kier molecular flexibility index (Phi) is 7.11. The van der Waals surface area contributed by atoms with Crippen molar-refractivity contribution in [3.63, 3.8) is 0 Å². The van der Waals surface area contributed by atoms with Gasteiger partial charge in [0.05, 0.1) is 12.7 Å². The molecule has 0 saturated carbocycles. The molecule has 0 N–H and O–H groups in total. The second kappa shape index (κ2) is 8.70. The topological polar surface area (TPSA) is 35.5 Å². The summed E-state index contributed by atoms with van der Waals surface area (Å²) in [6.07, 6.45) is 5.46. The minimum Gasteiger partial charge on any atom is -0.493 e. The maximum absolute atomic E-state index is 10.5. The van der Waals surface area contributed by atoms with Gasteiger partial charge >= 0.3 is 0 Å². The number of rotatable bonds is 9. The van der Waals surface area contributed by atoms with E-state index in [1.807, 2.05) is 12.1 Å². The van der Waals surface area contributed by atoms with E-state index in [1.165, 1.54) is 12.8 Å². The van der Waals surface area contributed by atoms with Gasteiger partial charge in [-0.1, -0.05) is 19.8 Å². The molecule has 3 nitrogen and oxygen atoms in total. The van der Waals surface area contributed by atoms with Crippen molar-refractivity contribution in [2.75, 3.05) is 13.7 Å². The van der Waals surface area contributed by atoms with Crippen molar-refractivity contribution in [2.24, 2.45) is 0 Å². The summed E-state index contributed by atoms with van der Waals surface area (Å²) in [5.41, 5.74) is 0.667. The van der Waals surface area contributed by atoms with E-state index in [1.54, 1.807) is 19.2 Å². The van der Waals surface area contributed by atoms with E-state index in [0.717, 1.165) is 24.9 Å². The van der Waals surface area contributed by atoms with Gasteiger partial charge < -0.3 is 9.47 Å². The molecule has 1 aromatic carbocycles. The van der Waals surface area contributed by atoms with Gasteiger partial charge in [0.15, 0.2) is 0 Å². The van der Waals surface area contributed by atoms with E-state index < -0.39 is 0 Å². The average molecular weight is 250 g/mol. The largest absolute Gasteiger partial charge is 0.493 e. The number of carbonyl (C=O) groups excluding carboxylic acids is 1. The van der Waals surface area contributed by atoms with Gasteiger partial charge in [0, 0.05) is 19.1 Å². The summed E-state index contributed by atoms with van der Waals surface area (Å²) in [6.45, 7) is 2.82. The Labute approximate surface area is 109 Å². The average Bonchev–Trinajstić information content (AvgIpc) is 2.43. The summed E-state index contributed by atoms with van der Waals surface area (Å²) in [5.74, 6) is 0.797. The van der Waals surface area contributed by atoms with Crippen LogP contribution in [0.25, 0.3) is 0 Å². The maximum atomic E-state index is 10.5. The molecule has 1 aromatic rings. The fourth-order valence-corrected chi connectivity index (χ4v) is 1.76. The number of methoxy groups -OCH3 is 1. The van der Waals surface area contributed by atoms with Crippen LogP contribution in [0.3, 0.4) is 0 Å². The third-order valence-corrected chi connectivity index (χ3v) is 2.94. The number of ether oxygens (including phenoxy) is 2. The SMILES string of the molecule is CCCCC(CCOc1ccc(C=O)cc1)OC. The van der Waals surface area contributed by atoms with Crippen LogP contribution in [0.4, 0.5) is 0 Å². The molecule has 18 heavy (non-hydrogen) atoms. The zero-order chi connectivity index (χ0) is 13.2. The highest BCUT2D eigenvalue weighted by molar-refractivity contribution is 5.74. The minimum atomic E-state index is 0.277. The van der Waals surface area contributed by atoms with Crippen molar-refractivity contribution < 1.29 is 14.3 Å². The second-order valence-corrected chi connectivity index (χ2v) is 4.32. The molecule has 3 heteroatoms. The van der Waals surface area contributed by atoms with Gasteiger partial charge in [0.25, 0.3) is 0 Å². The summed E-state index contributed by atoms with van der Waals surface area (Å²) in [4.78, 5) is 10.5. The predicted molar refractivity (Wildman–Crippen MR) is 72.3 cm³/mol. The van der Waals surface area contributed by atoms with Crippen LogP contribution in [-0.4, -0.2) is 26.1 Å². The van der Waals surface area contributed by atoms with Crippen LogP contribution in [-0.2, 0) is 4.74 Å². The molecule has 0 aliphatic carbocycles. The molecule has 0 radical (unpaired) electrons. The van der Waals surface area contributed by atoms with E-state index in [-0.39, 0.29) is 6.10 Å². The highest BCUT2D eigenvalue weighted by Crippen LogP contribution is 2.13. The molecule has 1 unspecified atom stereocenters. The van der Waals surface area contributed by atoms with Crippen molar-refractivity contribution in [1.29, 1.82) is 0 Å². The molecule has 0 fully saturated rings. The predicted octanol–water partition coefficient (Wildman–Crippen LogP) is 3.47. The molecule has 0 aromatic heterocycles. The third-order valence-electron chi connectivity index (χ3n) is 2.94. The van der Waals surface area contributed by atoms with E-state index in [0.29, 0.717) is 12.2 Å². The molecule has 1 rings (SSSR count). The lowest BCUT2D eigenvalue weighted by molar-refractivity contribution is 0.0728. The lowest BCUT2D eigenvalue weighted by Gasteiger charge is -2.15. The van der Waals surface area contributed by atoms with Gasteiger partial charge in [-0.05, 0) is 30.7 Å². The molecule has 1 atom stereocenters. The van der Waals surface area contributed by atoms with E-state index >= 15 is 0 Å². The number of unbranched alkanes of at least 4 members (excludes halogenated alkanes) is 1. The van der Waals surface area contributed by atoms with E-state index in [9.17, 15) is 4.79 Å². The molecule has 0 aliphatic heterocycles. The van der Waals surface area contributed by atoms with Crippen LogP contribution in [0.5, 0.6) is 5.75 Å². The van der Waals surface area contributed by atoms with Crippen molar-refractivity contribution in [2.45, 2.75) is 38.7 Å². The first-order valence-electron chi connectivity index (χ1n) is 6.51. The number of hydrogen-bond acceptors (Lipinski definition) is 3. The molecular weight excluding hydrogens is 228 g/mol. The van der Waals surface area contributed by atoms with Gasteiger partial charge in [-0.15, -0.1) is 0 Å². The molecule has 0 saturated heterocycles. The molecule has 0 bridgehead atoms. The van der Waals surface area contributed by atoms with Gasteiger partial charge in [-0.3, -0.25) is 4.79 Å². The Morgan fingerprint density at radius 1 is 1.22 bits per heavy atom. The molecule has 0 amide bonds. The van der Waals surface area contributed by atoms with Crippen LogP contribution in [0, 0.1) is 0 Å². The van der Waals surface area contributed by atoms with Crippen LogP contribution in [0.1, 0.15) is 43.0 Å². The standard InChI is InChI=1S/C15H22O3/c1-3-4-5-14(17-2)10-11-18-15-8-6-13(12-16)7-9-15/h6-9,12,14H,3-5,10-11H2,1-2H3. The quantitative estimate of drug-likeness (QED) is 0.629. The first kappa shape index (κ1) is 14.7. The zero-order valence-corrected chi connectivity index (χ0v) is 11.2. The zero-order valence-electron chi connectivity index (χ0n) is 11.2. The van der Waals surface area contributed by atoms with Crippen LogP contribution in [0.15, 0.2) is 24.3 Å². The lowest BCUT2D eigenvalue weighted by Crippen LogP contribution is -2.14. The smallest absolute Gasteiger partial charge is 0.150 e. The fourth-order valence-electron chi connectivity index (χ4n) is 1.76. The van der Waals surface area contributed by atoms with Gasteiger partial charge in [0.1, 0.15) is 12.0 Å². The molecule has 0 spiro atoms. The third kappa shape index (κ3) is 5.32. The van der Waals surface area contributed by atoms with Crippen LogP contribution in [0.2, 0.25) is 0 Å². The lowest BCUT2D eigenvalue weighted by atomic mass is 10.1. The van der Waals surface area contributed by atoms with Crippen LogP contribution < -0.4 is 4.74 Å². The molecular formula is C15H22O3. The second-order valence-electron chi connectivity index (χ2n) is 4.32. The molecule has 100 valence electrons. The maximum Gasteiger partial charge on any atom is 0.150 e. The summed E-state index contributed by atoms with van der Waals surface area (Å²) in [7, 11) is 1.75. The summed E-state index contributed by atoms with van der Waals surface area (Å²) in [6, 6.07) is 7.15. The monoisotopic (exact) mass is 250 g/mol. The van der Waals surface area contributed by atoms with Crippen molar-refractivity contribution in [3.05, 3.63) is 29.8 Å². The Morgan fingerprint density at radius 3 is 2.50 bits per heavy atom. The number of aldehydes is 1. The number of hydrogen-bond donors (Lipinski definition) is 0. The Morgan fingerprint density at radius 2 is 1.94 bits per heavy atom. The first-order chi connectivity index (χ1) is 8.80. The van der Waals surface area contributed by atoms with E-state index in [4.69, 9.17) is 9.47 Å². The minimum absolute atomic E-state index is 0.277. The molecule has 0 heterocycles. The summed E-state index contributed by atoms with van der Waals surface area (Å²) >= 11 is 0. The van der Waals surface area contributed by atoms with Crippen molar-refractivity contribution in [1.82, 2.24) is 0 Å². The van der Waals surface area contributed by atoms with Crippen molar-refractivity contribution >= 4 is 6.29 Å². The molecule has 0 aliphatic rings. The highest BCUT2D eigenvalue weighted by Gasteiger charge is 2.06. The normalized spacial score (nSPS) is 12.1. The number of benzene rings is 1. The van der Waals surface area contributed by atoms with Crippen LogP contribution >= 0.6 is 0 Å². The Balaban J connectivity index is 2.28. The van der Waals surface area contributed by atoms with Gasteiger partial charge in [0.2, 0.25) is 0 Å². The Hall–Kier alpha value is -1.35. The van der Waals surface area contributed by atoms with Crippen molar-refractivity contribution in [3.8, 4) is 5.75 Å². The van der Waals surface area contributed by atoms with Gasteiger partial charge in [-0.25, -0.2) is 0 Å². The van der Waals surface area contributed by atoms with E-state index in [2.05, 4.69) is 6.92 Å². The van der Waals surface area contributed by atoms with Gasteiger partial charge in [-0.2, -0.15) is 0 Å². The fraction of sp³-hybridized carbons (Fsp3) is 0.533. The first-order valence-corrected chi connectivity index (χ1v) is 6.51. The highest BCUT2D eigenvalue weighted by atomic mass is 16.5.